The summed E-state index contributed by atoms with van der Waals surface area (Å²) < 4.78 is 0. The van der Waals surface area contributed by atoms with Crippen molar-refractivity contribution < 1.29 is 19.8 Å². The van der Waals surface area contributed by atoms with E-state index in [9.17, 15) is 9.59 Å². The second kappa shape index (κ2) is 9.55. The number of nitrogens with one attached hydrogen (secondary N) is 2. The van der Waals surface area contributed by atoms with Gasteiger partial charge in [0.05, 0.1) is 33.9 Å². The molecule has 0 atom stereocenters. The number of carbonyl (C=O) groups is 2. The molecule has 5 heterocycles. The first-order valence-corrected chi connectivity index (χ1v) is 11.0. The van der Waals surface area contributed by atoms with Gasteiger partial charge in [-0.3, -0.25) is 0 Å². The van der Waals surface area contributed by atoms with E-state index in [-0.39, 0.29) is 11.1 Å². The number of carboxylic acids is 2. The monoisotopic (exact) mass is 476 g/mol. The highest BCUT2D eigenvalue weighted by Crippen LogP contribution is 2.17. The van der Waals surface area contributed by atoms with Crippen molar-refractivity contribution in [1.82, 2.24) is 19.9 Å². The molecule has 0 saturated heterocycles. The molecule has 0 aliphatic carbocycles. The van der Waals surface area contributed by atoms with Crippen molar-refractivity contribution in [1.29, 1.82) is 0 Å². The molecule has 8 heteroatoms. The van der Waals surface area contributed by atoms with Crippen molar-refractivity contribution >= 4 is 58.3 Å². The molecule has 4 aromatic rings. The fourth-order valence-corrected chi connectivity index (χ4v) is 3.70. The molecule has 2 aliphatic rings. The van der Waals surface area contributed by atoms with Gasteiger partial charge in [0.2, 0.25) is 0 Å². The molecule has 2 aliphatic heterocycles. The normalized spacial score (nSPS) is 11.6. The lowest BCUT2D eigenvalue weighted by molar-refractivity contribution is 0.0681. The van der Waals surface area contributed by atoms with E-state index in [1.807, 2.05) is 42.5 Å². The van der Waals surface area contributed by atoms with Crippen LogP contribution in [-0.4, -0.2) is 42.1 Å². The summed E-state index contributed by atoms with van der Waals surface area (Å²) in [4.78, 5) is 36.7. The summed E-state index contributed by atoms with van der Waals surface area (Å²) in [6.45, 7) is 0. The maximum absolute atomic E-state index is 10.3. The second-order valence-electron chi connectivity index (χ2n) is 8.09. The summed E-state index contributed by atoms with van der Waals surface area (Å²) in [5.41, 5.74) is 8.03. The van der Waals surface area contributed by atoms with Crippen LogP contribution in [0, 0.1) is 0 Å². The van der Waals surface area contributed by atoms with Crippen molar-refractivity contribution in [2.75, 3.05) is 0 Å². The Morgan fingerprint density at radius 2 is 0.833 bits per heavy atom. The molecule has 0 amide bonds. The number of benzene rings is 1. The van der Waals surface area contributed by atoms with Crippen LogP contribution in [0.1, 0.15) is 43.5 Å². The number of aromatic amines is 2. The molecule has 36 heavy (non-hydrogen) atoms. The maximum atomic E-state index is 10.3. The van der Waals surface area contributed by atoms with Crippen LogP contribution in [0.3, 0.4) is 0 Å². The van der Waals surface area contributed by atoms with Crippen LogP contribution in [0.5, 0.6) is 0 Å². The SMILES string of the molecule is C1=Cc2cc3ccc(cc4ccc(cc5nc(cc1n2)C=C5)[nH]4)[nH]3.O=C(O)c1ccc(C(=O)O)cc1. The highest BCUT2D eigenvalue weighted by molar-refractivity contribution is 5.91. The summed E-state index contributed by atoms with van der Waals surface area (Å²) in [6.07, 6.45) is 8.05. The minimum atomic E-state index is -1.06. The molecule has 4 N–H and O–H groups in total. The van der Waals surface area contributed by atoms with E-state index in [4.69, 9.17) is 10.2 Å². The molecule has 8 bridgehead atoms. The van der Waals surface area contributed by atoms with Gasteiger partial charge in [-0.25, -0.2) is 19.6 Å². The van der Waals surface area contributed by atoms with Crippen LogP contribution in [0.4, 0.5) is 0 Å². The van der Waals surface area contributed by atoms with Gasteiger partial charge in [-0.1, -0.05) is 0 Å². The molecule has 3 aromatic heterocycles. The average Bonchev–Trinajstić information content (AvgIpc) is 3.66. The molecule has 8 nitrogen and oxygen atoms in total. The largest absolute Gasteiger partial charge is 0.478 e. The Labute approximate surface area is 205 Å². The van der Waals surface area contributed by atoms with Crippen LogP contribution in [0.25, 0.3) is 46.4 Å². The number of rotatable bonds is 2. The van der Waals surface area contributed by atoms with Crippen molar-refractivity contribution in [3.05, 3.63) is 107 Å². The van der Waals surface area contributed by atoms with Crippen molar-refractivity contribution in [3.63, 3.8) is 0 Å². The van der Waals surface area contributed by atoms with Gasteiger partial charge in [0, 0.05) is 22.1 Å². The third-order valence-electron chi connectivity index (χ3n) is 5.42. The number of nitrogens with zero attached hydrogens (tertiary/aromatic N) is 2. The highest BCUT2D eigenvalue weighted by Gasteiger charge is 2.05. The maximum Gasteiger partial charge on any atom is 0.335 e. The Kier molecular flexibility index (Phi) is 5.98. The van der Waals surface area contributed by atoms with Crippen LogP contribution >= 0.6 is 0 Å². The molecule has 0 spiro atoms. The zero-order valence-electron chi connectivity index (χ0n) is 18.8. The molecular formula is C28H20N4O4. The first-order chi connectivity index (χ1) is 17.4. The van der Waals surface area contributed by atoms with Crippen LogP contribution in [0.15, 0.2) is 72.8 Å². The van der Waals surface area contributed by atoms with E-state index >= 15 is 0 Å². The lowest BCUT2D eigenvalue weighted by atomic mass is 10.1. The van der Waals surface area contributed by atoms with E-state index in [0.29, 0.717) is 0 Å². The van der Waals surface area contributed by atoms with Gasteiger partial charge in [-0.05, 0) is 97.1 Å². The number of aromatic carboxylic acids is 2. The molecule has 0 unspecified atom stereocenters. The van der Waals surface area contributed by atoms with Crippen LogP contribution < -0.4 is 0 Å². The third kappa shape index (κ3) is 5.28. The van der Waals surface area contributed by atoms with Crippen LogP contribution in [-0.2, 0) is 0 Å². The minimum absolute atomic E-state index is 0.0833. The quantitative estimate of drug-likeness (QED) is 0.252. The second-order valence-corrected chi connectivity index (χ2v) is 8.09. The first kappa shape index (κ1) is 22.5. The number of hydrogen-bond donors (Lipinski definition) is 4. The van der Waals surface area contributed by atoms with Gasteiger partial charge in [0.1, 0.15) is 0 Å². The predicted octanol–water partition coefficient (Wildman–Crippen LogP) is 5.74. The van der Waals surface area contributed by atoms with Crippen molar-refractivity contribution in [3.8, 4) is 0 Å². The van der Waals surface area contributed by atoms with Crippen molar-refractivity contribution in [2.24, 2.45) is 0 Å². The van der Waals surface area contributed by atoms with E-state index < -0.39 is 11.9 Å². The minimum Gasteiger partial charge on any atom is -0.478 e. The Balaban J connectivity index is 0.000000189. The zero-order valence-corrected chi connectivity index (χ0v) is 18.8. The average molecular weight is 476 g/mol. The van der Waals surface area contributed by atoms with Crippen LogP contribution in [0.2, 0.25) is 0 Å². The number of aromatic nitrogens is 4. The third-order valence-corrected chi connectivity index (χ3v) is 5.42. The first-order valence-electron chi connectivity index (χ1n) is 11.0. The summed E-state index contributed by atoms with van der Waals surface area (Å²) in [5.74, 6) is -2.13. The number of fused-ring (bicyclic) bond motifs is 8. The summed E-state index contributed by atoms with van der Waals surface area (Å²) in [7, 11) is 0. The fourth-order valence-electron chi connectivity index (χ4n) is 3.70. The summed E-state index contributed by atoms with van der Waals surface area (Å²) in [6, 6.07) is 21.4. The Bertz CT molecular complexity index is 1570. The highest BCUT2D eigenvalue weighted by atomic mass is 16.4. The lowest BCUT2D eigenvalue weighted by Crippen LogP contribution is -1.99. The number of carboxylic acid groups (broad SMARTS) is 2. The Morgan fingerprint density at radius 1 is 0.500 bits per heavy atom. The van der Waals surface area contributed by atoms with E-state index in [1.165, 1.54) is 24.3 Å². The standard InChI is InChI=1S/C20H14N4.C8H6O4/c1-2-14-10-16-5-6-18(23-16)12-20-8-7-19(24-20)11-17-4-3-15(22-17)9-13(1)21-14;9-7(10)5-1-2-6(4-3-5)8(11)12/h1-12,21-22H;1-4H,(H,9,10)(H,11,12). The Morgan fingerprint density at radius 3 is 1.19 bits per heavy atom. The zero-order chi connectivity index (χ0) is 25.1. The van der Waals surface area contributed by atoms with E-state index in [1.54, 1.807) is 0 Å². The number of H-pyrrole nitrogens is 2. The van der Waals surface area contributed by atoms with Gasteiger partial charge < -0.3 is 20.2 Å². The van der Waals surface area contributed by atoms with Gasteiger partial charge in [0.15, 0.2) is 0 Å². The van der Waals surface area contributed by atoms with E-state index in [2.05, 4.69) is 50.3 Å². The summed E-state index contributed by atoms with van der Waals surface area (Å²) in [5, 5.41) is 16.9. The molecule has 0 saturated carbocycles. The molecule has 0 fully saturated rings. The molecule has 1 aromatic carbocycles. The van der Waals surface area contributed by atoms with Gasteiger partial charge >= 0.3 is 11.9 Å². The van der Waals surface area contributed by atoms with E-state index in [0.717, 1.165) is 44.8 Å². The fraction of sp³-hybridized carbons (Fsp3) is 0. The van der Waals surface area contributed by atoms with Crippen molar-refractivity contribution in [2.45, 2.75) is 0 Å². The molecular weight excluding hydrogens is 456 g/mol. The lowest BCUT2D eigenvalue weighted by Gasteiger charge is -1.94. The predicted molar refractivity (Wildman–Crippen MR) is 139 cm³/mol. The number of hydrogen-bond acceptors (Lipinski definition) is 4. The molecule has 176 valence electrons. The van der Waals surface area contributed by atoms with Gasteiger partial charge in [0.25, 0.3) is 0 Å². The molecule has 6 rings (SSSR count). The van der Waals surface area contributed by atoms with Gasteiger partial charge in [-0.15, -0.1) is 0 Å². The topological polar surface area (TPSA) is 132 Å². The van der Waals surface area contributed by atoms with Gasteiger partial charge in [-0.2, -0.15) is 0 Å². The summed E-state index contributed by atoms with van der Waals surface area (Å²) >= 11 is 0. The molecule has 0 radical (unpaired) electrons. The Hall–Kier alpha value is -5.24. The smallest absolute Gasteiger partial charge is 0.335 e.